The molecule has 3 heterocycles. The first-order valence-electron chi connectivity index (χ1n) is 11.6. The molecule has 10 nitrogen and oxygen atoms in total. The number of rotatable bonds is 7. The van der Waals surface area contributed by atoms with Gasteiger partial charge in [-0.3, -0.25) is 4.79 Å². The van der Waals surface area contributed by atoms with Gasteiger partial charge in [0.2, 0.25) is 0 Å². The van der Waals surface area contributed by atoms with E-state index in [9.17, 15) is 9.90 Å². The summed E-state index contributed by atoms with van der Waals surface area (Å²) in [6.45, 7) is 3.99. The highest BCUT2D eigenvalue weighted by Gasteiger charge is 2.47. The Balaban J connectivity index is 1.29. The summed E-state index contributed by atoms with van der Waals surface area (Å²) in [5, 5.41) is 17.9. The molecule has 4 atom stereocenters. The third-order valence-electron chi connectivity index (χ3n) is 7.02. The maximum Gasteiger partial charge on any atom is 0.316 e. The van der Waals surface area contributed by atoms with E-state index in [1.54, 1.807) is 17.9 Å². The third kappa shape index (κ3) is 4.32. The fourth-order valence-electron chi connectivity index (χ4n) is 5.29. The lowest BCUT2D eigenvalue weighted by Crippen LogP contribution is -2.21. The van der Waals surface area contributed by atoms with E-state index in [0.29, 0.717) is 23.3 Å². The van der Waals surface area contributed by atoms with Crippen molar-refractivity contribution in [3.05, 3.63) is 41.5 Å². The van der Waals surface area contributed by atoms with Crippen molar-refractivity contribution in [2.45, 2.75) is 52.2 Å². The molecule has 0 saturated heterocycles. The third-order valence-corrected chi connectivity index (χ3v) is 7.02. The molecule has 0 unspecified atom stereocenters. The molecule has 0 spiro atoms. The Kier molecular flexibility index (Phi) is 5.89. The first-order chi connectivity index (χ1) is 16.4. The minimum absolute atomic E-state index is 0.0262. The Hall–Kier alpha value is -3.56. The summed E-state index contributed by atoms with van der Waals surface area (Å²) in [5.74, 6) is 0.471. The van der Waals surface area contributed by atoms with Gasteiger partial charge in [-0.2, -0.15) is 0 Å². The minimum Gasteiger partial charge on any atom is -0.489 e. The van der Waals surface area contributed by atoms with Crippen LogP contribution in [0, 0.1) is 31.6 Å². The Morgan fingerprint density at radius 2 is 2.03 bits per heavy atom. The largest absolute Gasteiger partial charge is 0.489 e. The molecule has 1 N–H and O–H groups in total. The van der Waals surface area contributed by atoms with Crippen LogP contribution in [0.4, 0.5) is 0 Å². The Morgan fingerprint density at radius 1 is 1.18 bits per heavy atom. The van der Waals surface area contributed by atoms with Gasteiger partial charge in [-0.05, 0) is 69.6 Å². The average molecular weight is 465 g/mol. The van der Waals surface area contributed by atoms with Gasteiger partial charge in [0.25, 0.3) is 0 Å². The Labute approximate surface area is 197 Å². The van der Waals surface area contributed by atoms with Crippen LogP contribution in [-0.4, -0.2) is 47.1 Å². The average Bonchev–Trinajstić information content (AvgIpc) is 3.48. The van der Waals surface area contributed by atoms with Gasteiger partial charge in [0.1, 0.15) is 23.7 Å². The molecule has 2 aliphatic carbocycles. The molecule has 0 radical (unpaired) electrons. The van der Waals surface area contributed by atoms with Crippen molar-refractivity contribution in [3.63, 3.8) is 0 Å². The van der Waals surface area contributed by atoms with Gasteiger partial charge in [-0.1, -0.05) is 5.21 Å². The molecule has 2 saturated carbocycles. The number of carbonyl (C=O) groups is 1. The number of hydrogen-bond donors (Lipinski definition) is 1. The van der Waals surface area contributed by atoms with Crippen molar-refractivity contribution in [3.8, 4) is 23.1 Å². The van der Waals surface area contributed by atoms with E-state index in [-0.39, 0.29) is 24.5 Å². The van der Waals surface area contributed by atoms with Crippen LogP contribution < -0.4 is 9.47 Å². The van der Waals surface area contributed by atoms with Gasteiger partial charge in [0.05, 0.1) is 23.4 Å². The van der Waals surface area contributed by atoms with Crippen molar-refractivity contribution in [2.75, 3.05) is 0 Å². The van der Waals surface area contributed by atoms with Crippen LogP contribution in [0.15, 0.2) is 24.4 Å². The summed E-state index contributed by atoms with van der Waals surface area (Å²) in [6, 6.07) is 5.88. The highest BCUT2D eigenvalue weighted by atomic mass is 16.5. The van der Waals surface area contributed by atoms with E-state index >= 15 is 0 Å². The smallest absolute Gasteiger partial charge is 0.316 e. The number of pyridine rings is 1. The van der Waals surface area contributed by atoms with E-state index < -0.39 is 5.97 Å². The number of ether oxygens (including phenoxy) is 2. The molecular weight excluding hydrogens is 436 g/mol. The molecule has 2 aliphatic rings. The summed E-state index contributed by atoms with van der Waals surface area (Å²) in [6.07, 6.45) is 5.13. The molecule has 3 aromatic heterocycles. The minimum atomic E-state index is -0.673. The van der Waals surface area contributed by atoms with Crippen LogP contribution in [0.2, 0.25) is 0 Å². The number of fused-ring (bicyclic) bond motifs is 1. The highest BCUT2D eigenvalue weighted by molar-refractivity contribution is 5.71. The number of hydrogen-bond acceptors (Lipinski definition) is 8. The number of aryl methyl sites for hydroxylation is 3. The van der Waals surface area contributed by atoms with Crippen molar-refractivity contribution < 1.29 is 19.4 Å². The lowest BCUT2D eigenvalue weighted by Gasteiger charge is -2.18. The molecule has 178 valence electrons. The number of aromatic nitrogens is 6. The SMILES string of the molecule is Cc1ccnc(OCc2c(-c3ccc(O[C@@H]4C[C@H]5CC[C@@H](C(=O)O)[C@H]5C4)c(C)n3)nnn2C)n1. The lowest BCUT2D eigenvalue weighted by molar-refractivity contribution is -0.143. The number of carboxylic acids is 1. The van der Waals surface area contributed by atoms with Crippen LogP contribution in [0.25, 0.3) is 11.4 Å². The first-order valence-corrected chi connectivity index (χ1v) is 11.6. The maximum atomic E-state index is 11.5. The standard InChI is InChI=1S/C24H28N6O4/c1-13-8-9-25-24(26-13)33-12-20-22(28-29-30(20)3)19-6-7-21(14(2)27-19)34-16-10-15-4-5-17(23(31)32)18(15)11-16/h6-9,15-18H,4-5,10-12H2,1-3H3,(H,31,32)/t15-,16-,17-,18+/m1/s1. The first kappa shape index (κ1) is 22.2. The monoisotopic (exact) mass is 464 g/mol. The molecule has 34 heavy (non-hydrogen) atoms. The van der Waals surface area contributed by atoms with Crippen molar-refractivity contribution in [1.82, 2.24) is 29.9 Å². The molecule has 0 aromatic carbocycles. The summed E-state index contributed by atoms with van der Waals surface area (Å²) in [7, 11) is 1.80. The molecule has 0 aliphatic heterocycles. The number of aliphatic carboxylic acids is 1. The molecule has 0 bridgehead atoms. The van der Waals surface area contributed by atoms with E-state index in [0.717, 1.165) is 48.5 Å². The second-order valence-corrected chi connectivity index (χ2v) is 9.21. The molecule has 2 fully saturated rings. The quantitative estimate of drug-likeness (QED) is 0.561. The van der Waals surface area contributed by atoms with Gasteiger partial charge in [0, 0.05) is 18.9 Å². The van der Waals surface area contributed by atoms with Gasteiger partial charge in [-0.15, -0.1) is 5.10 Å². The second kappa shape index (κ2) is 9.00. The Bertz CT molecular complexity index is 1210. The summed E-state index contributed by atoms with van der Waals surface area (Å²) < 4.78 is 13.7. The molecule has 5 rings (SSSR count). The van der Waals surface area contributed by atoms with Crippen LogP contribution in [0.1, 0.15) is 42.8 Å². The van der Waals surface area contributed by atoms with Gasteiger partial charge < -0.3 is 14.6 Å². The number of nitrogens with zero attached hydrogens (tertiary/aromatic N) is 6. The van der Waals surface area contributed by atoms with Gasteiger partial charge >= 0.3 is 12.0 Å². The van der Waals surface area contributed by atoms with Crippen molar-refractivity contribution in [2.24, 2.45) is 24.8 Å². The zero-order valence-electron chi connectivity index (χ0n) is 19.5. The van der Waals surface area contributed by atoms with Crippen molar-refractivity contribution >= 4 is 5.97 Å². The van der Waals surface area contributed by atoms with Crippen LogP contribution >= 0.6 is 0 Å². The fraction of sp³-hybridized carbons (Fsp3) is 0.500. The normalized spacial score (nSPS) is 23.6. The zero-order valence-corrected chi connectivity index (χ0v) is 19.5. The predicted octanol–water partition coefficient (Wildman–Crippen LogP) is 3.13. The van der Waals surface area contributed by atoms with Gasteiger partial charge in [-0.25, -0.2) is 19.6 Å². The zero-order chi connectivity index (χ0) is 23.8. The van der Waals surface area contributed by atoms with E-state index in [1.807, 2.05) is 32.0 Å². The second-order valence-electron chi connectivity index (χ2n) is 9.21. The molecule has 3 aromatic rings. The van der Waals surface area contributed by atoms with Crippen molar-refractivity contribution in [1.29, 1.82) is 0 Å². The lowest BCUT2D eigenvalue weighted by atomic mass is 9.92. The van der Waals surface area contributed by atoms with Crippen LogP contribution in [0.3, 0.4) is 0 Å². The van der Waals surface area contributed by atoms with E-state index in [1.165, 1.54) is 0 Å². The van der Waals surface area contributed by atoms with Crippen LogP contribution in [0.5, 0.6) is 11.8 Å². The van der Waals surface area contributed by atoms with Crippen LogP contribution in [-0.2, 0) is 18.4 Å². The predicted molar refractivity (Wildman–Crippen MR) is 121 cm³/mol. The topological polar surface area (TPSA) is 125 Å². The molecule has 0 amide bonds. The fourth-order valence-corrected chi connectivity index (χ4v) is 5.29. The van der Waals surface area contributed by atoms with E-state index in [2.05, 4.69) is 20.3 Å². The highest BCUT2D eigenvalue weighted by Crippen LogP contribution is 2.48. The van der Waals surface area contributed by atoms with Gasteiger partial charge in [0.15, 0.2) is 0 Å². The Morgan fingerprint density at radius 3 is 2.79 bits per heavy atom. The summed E-state index contributed by atoms with van der Waals surface area (Å²) >= 11 is 0. The number of carboxylic acid groups (broad SMARTS) is 1. The summed E-state index contributed by atoms with van der Waals surface area (Å²) in [4.78, 5) is 24.6. The maximum absolute atomic E-state index is 11.5. The van der Waals surface area contributed by atoms with E-state index in [4.69, 9.17) is 14.5 Å². The molecule has 10 heteroatoms. The molecular formula is C24H28N6O4. The summed E-state index contributed by atoms with van der Waals surface area (Å²) in [5.41, 5.74) is 3.64.